The van der Waals surface area contributed by atoms with Gasteiger partial charge in [0, 0.05) is 18.6 Å². The van der Waals surface area contributed by atoms with Gasteiger partial charge in [0.15, 0.2) is 6.61 Å². The lowest BCUT2D eigenvalue weighted by atomic mass is 10.1. The second-order valence-electron chi connectivity index (χ2n) is 6.61. The van der Waals surface area contributed by atoms with Crippen LogP contribution in [0.2, 0.25) is 0 Å². The maximum absolute atomic E-state index is 11.6. The van der Waals surface area contributed by atoms with Crippen molar-refractivity contribution in [1.29, 1.82) is 5.26 Å². The summed E-state index contributed by atoms with van der Waals surface area (Å²) in [5.41, 5.74) is 2.95. The number of hydrogen-bond acceptors (Lipinski definition) is 4. The lowest BCUT2D eigenvalue weighted by Gasteiger charge is -2.15. The van der Waals surface area contributed by atoms with Gasteiger partial charge in [-0.1, -0.05) is 24.3 Å². The normalized spacial score (nSPS) is 14.3. The average molecular weight is 349 g/mol. The van der Waals surface area contributed by atoms with Crippen LogP contribution in [0.25, 0.3) is 0 Å². The number of hydrogen-bond donors (Lipinski definition) is 2. The quantitative estimate of drug-likeness (QED) is 0.768. The smallest absolute Gasteiger partial charge is 0.258 e. The zero-order valence-electron chi connectivity index (χ0n) is 14.9. The predicted molar refractivity (Wildman–Crippen MR) is 99.5 cm³/mol. The number of nitriles is 1. The highest BCUT2D eigenvalue weighted by molar-refractivity contribution is 5.78. The van der Waals surface area contributed by atoms with E-state index in [1.54, 1.807) is 0 Å². The first-order valence-electron chi connectivity index (χ1n) is 8.88. The first-order valence-corrected chi connectivity index (χ1v) is 8.88. The van der Waals surface area contributed by atoms with Gasteiger partial charge < -0.3 is 15.4 Å². The summed E-state index contributed by atoms with van der Waals surface area (Å²) in [4.78, 5) is 11.6. The van der Waals surface area contributed by atoms with E-state index in [1.165, 1.54) is 0 Å². The van der Waals surface area contributed by atoms with Gasteiger partial charge in [-0.25, -0.2) is 0 Å². The Bertz CT molecular complexity index is 774. The van der Waals surface area contributed by atoms with Crippen LogP contribution < -0.4 is 15.4 Å². The molecular formula is C21H23N3O2. The fraction of sp³-hybridized carbons (Fsp3) is 0.333. The Hall–Kier alpha value is -2.84. The van der Waals surface area contributed by atoms with Crippen molar-refractivity contribution in [2.24, 2.45) is 0 Å². The third kappa shape index (κ3) is 5.33. The summed E-state index contributed by atoms with van der Waals surface area (Å²) in [6, 6.07) is 18.0. The van der Waals surface area contributed by atoms with Crippen LogP contribution in [0.15, 0.2) is 48.5 Å². The van der Waals surface area contributed by atoms with Crippen molar-refractivity contribution in [3.63, 3.8) is 0 Å². The molecule has 2 N–H and O–H groups in total. The fourth-order valence-corrected chi connectivity index (χ4v) is 2.58. The molecule has 1 atom stereocenters. The van der Waals surface area contributed by atoms with Gasteiger partial charge in [-0.15, -0.1) is 0 Å². The van der Waals surface area contributed by atoms with E-state index in [-0.39, 0.29) is 18.6 Å². The first kappa shape index (κ1) is 18.0. The third-order valence-electron chi connectivity index (χ3n) is 4.39. The van der Waals surface area contributed by atoms with Crippen LogP contribution >= 0.6 is 0 Å². The molecule has 1 unspecified atom stereocenters. The molecule has 0 heterocycles. The fourth-order valence-electron chi connectivity index (χ4n) is 2.58. The van der Waals surface area contributed by atoms with E-state index in [4.69, 9.17) is 10.00 Å². The van der Waals surface area contributed by atoms with E-state index >= 15 is 0 Å². The molecule has 0 aliphatic heterocycles. The molecule has 26 heavy (non-hydrogen) atoms. The summed E-state index contributed by atoms with van der Waals surface area (Å²) in [7, 11) is 0. The lowest BCUT2D eigenvalue weighted by Crippen LogP contribution is -2.30. The lowest BCUT2D eigenvalue weighted by molar-refractivity contribution is -0.123. The number of carbonyl (C=O) groups is 1. The zero-order chi connectivity index (χ0) is 18.4. The molecule has 1 aliphatic rings. The molecule has 0 aromatic heterocycles. The average Bonchev–Trinajstić information content (AvgIpc) is 3.49. The number of carbonyl (C=O) groups excluding carboxylic acids is 1. The second kappa shape index (κ2) is 8.50. The van der Waals surface area contributed by atoms with E-state index in [9.17, 15) is 4.79 Å². The highest BCUT2D eigenvalue weighted by Crippen LogP contribution is 2.20. The van der Waals surface area contributed by atoms with Crippen LogP contribution in [-0.2, 0) is 11.3 Å². The van der Waals surface area contributed by atoms with Crippen LogP contribution in [0.4, 0.5) is 0 Å². The molecule has 0 spiro atoms. The molecule has 1 amide bonds. The third-order valence-corrected chi connectivity index (χ3v) is 4.39. The van der Waals surface area contributed by atoms with Crippen molar-refractivity contribution >= 4 is 5.91 Å². The zero-order valence-corrected chi connectivity index (χ0v) is 14.9. The molecule has 0 bridgehead atoms. The molecular weight excluding hydrogens is 326 g/mol. The molecule has 2 aromatic carbocycles. The first-order chi connectivity index (χ1) is 12.6. The van der Waals surface area contributed by atoms with Crippen LogP contribution in [0.3, 0.4) is 0 Å². The Morgan fingerprint density at radius 2 is 1.88 bits per heavy atom. The Kier molecular flexibility index (Phi) is 5.88. The van der Waals surface area contributed by atoms with Crippen LogP contribution in [0, 0.1) is 11.3 Å². The highest BCUT2D eigenvalue weighted by Gasteiger charge is 2.23. The number of rotatable bonds is 8. The summed E-state index contributed by atoms with van der Waals surface area (Å²) >= 11 is 0. The van der Waals surface area contributed by atoms with Gasteiger partial charge in [-0.05, 0) is 55.2 Å². The Labute approximate surface area is 154 Å². The second-order valence-corrected chi connectivity index (χ2v) is 6.61. The van der Waals surface area contributed by atoms with E-state index in [0.29, 0.717) is 17.4 Å². The maximum Gasteiger partial charge on any atom is 0.258 e. The van der Waals surface area contributed by atoms with Crippen molar-refractivity contribution in [1.82, 2.24) is 10.6 Å². The highest BCUT2D eigenvalue weighted by atomic mass is 16.5. The number of benzene rings is 2. The summed E-state index contributed by atoms with van der Waals surface area (Å²) in [6.45, 7) is 2.89. The predicted octanol–water partition coefficient (Wildman–Crippen LogP) is 3.07. The molecule has 1 aliphatic carbocycles. The SMILES string of the molecule is CC(NCc1ccc(C#N)cc1)c1ccc(OCC(=O)NC2CC2)cc1. The van der Waals surface area contributed by atoms with Gasteiger partial charge in [-0.2, -0.15) is 5.26 Å². The molecule has 1 saturated carbocycles. The van der Waals surface area contributed by atoms with Gasteiger partial charge in [0.25, 0.3) is 5.91 Å². The van der Waals surface area contributed by atoms with Gasteiger partial charge in [0.2, 0.25) is 0 Å². The van der Waals surface area contributed by atoms with Crippen LogP contribution in [-0.4, -0.2) is 18.6 Å². The van der Waals surface area contributed by atoms with Gasteiger partial charge in [0.1, 0.15) is 5.75 Å². The largest absolute Gasteiger partial charge is 0.484 e. The number of ether oxygens (including phenoxy) is 1. The molecule has 5 heteroatoms. The van der Waals surface area contributed by atoms with Crippen molar-refractivity contribution < 1.29 is 9.53 Å². The van der Waals surface area contributed by atoms with E-state index < -0.39 is 0 Å². The molecule has 2 aromatic rings. The van der Waals surface area contributed by atoms with Gasteiger partial charge in [-0.3, -0.25) is 4.79 Å². The van der Waals surface area contributed by atoms with Crippen molar-refractivity contribution in [2.45, 2.75) is 38.4 Å². The van der Waals surface area contributed by atoms with Crippen molar-refractivity contribution in [3.8, 4) is 11.8 Å². The van der Waals surface area contributed by atoms with E-state index in [0.717, 1.165) is 30.5 Å². The topological polar surface area (TPSA) is 74.1 Å². The Morgan fingerprint density at radius 1 is 1.19 bits per heavy atom. The monoisotopic (exact) mass is 349 g/mol. The number of nitrogens with zero attached hydrogens (tertiary/aromatic N) is 1. The molecule has 0 radical (unpaired) electrons. The number of amides is 1. The van der Waals surface area contributed by atoms with E-state index in [1.807, 2.05) is 48.5 Å². The van der Waals surface area contributed by atoms with Crippen LogP contribution in [0.5, 0.6) is 5.75 Å². The van der Waals surface area contributed by atoms with Gasteiger partial charge >= 0.3 is 0 Å². The van der Waals surface area contributed by atoms with Gasteiger partial charge in [0.05, 0.1) is 11.6 Å². The minimum Gasteiger partial charge on any atom is -0.484 e. The minimum atomic E-state index is -0.0611. The molecule has 3 rings (SSSR count). The molecule has 5 nitrogen and oxygen atoms in total. The summed E-state index contributed by atoms with van der Waals surface area (Å²) in [6.07, 6.45) is 2.15. The van der Waals surface area contributed by atoms with Crippen molar-refractivity contribution in [3.05, 3.63) is 65.2 Å². The molecule has 0 saturated heterocycles. The van der Waals surface area contributed by atoms with E-state index in [2.05, 4.69) is 23.6 Å². The maximum atomic E-state index is 11.6. The molecule has 134 valence electrons. The standard InChI is InChI=1S/C21H23N3O2/c1-15(23-13-17-4-2-16(12-22)3-5-17)18-6-10-20(11-7-18)26-14-21(25)24-19-8-9-19/h2-7,10-11,15,19,23H,8-9,13-14H2,1H3,(H,24,25). The minimum absolute atomic E-state index is 0.0579. The van der Waals surface area contributed by atoms with Crippen molar-refractivity contribution in [2.75, 3.05) is 6.61 Å². The van der Waals surface area contributed by atoms with Crippen LogP contribution in [0.1, 0.15) is 42.5 Å². The summed E-state index contributed by atoms with van der Waals surface area (Å²) in [5.74, 6) is 0.632. The summed E-state index contributed by atoms with van der Waals surface area (Å²) < 4.78 is 5.52. The Balaban J connectivity index is 1.45. The Morgan fingerprint density at radius 3 is 2.50 bits per heavy atom. The molecule has 1 fully saturated rings. The summed E-state index contributed by atoms with van der Waals surface area (Å²) in [5, 5.41) is 15.2. The number of nitrogens with one attached hydrogen (secondary N) is 2.